The van der Waals surface area contributed by atoms with Gasteiger partial charge in [-0.15, -0.1) is 0 Å². The van der Waals surface area contributed by atoms with Crippen molar-refractivity contribution in [1.29, 1.82) is 0 Å². The first-order valence-electron chi connectivity index (χ1n) is 13.1. The Balaban J connectivity index is 1.40. The van der Waals surface area contributed by atoms with Gasteiger partial charge in [0.2, 0.25) is 0 Å². The smallest absolute Gasteiger partial charge is 0.407 e. The Labute approximate surface area is 212 Å². The lowest BCUT2D eigenvalue weighted by Gasteiger charge is -2.56. The molecule has 8 heteroatoms. The molecule has 4 aliphatic carbocycles. The number of benzene rings is 1. The fourth-order valence-corrected chi connectivity index (χ4v) is 6.91. The lowest BCUT2D eigenvalue weighted by molar-refractivity contribution is -0.0906. The number of nitrogens with zero attached hydrogens (tertiary/aromatic N) is 2. The van der Waals surface area contributed by atoms with E-state index < -0.39 is 17.3 Å². The second kappa shape index (κ2) is 9.20. The minimum atomic E-state index is -1.03. The monoisotopic (exact) mass is 496 g/mol. The van der Waals surface area contributed by atoms with Gasteiger partial charge in [-0.2, -0.15) is 5.10 Å². The van der Waals surface area contributed by atoms with Crippen LogP contribution in [0.3, 0.4) is 0 Å². The average Bonchev–Trinajstić information content (AvgIpc) is 3.24. The van der Waals surface area contributed by atoms with Crippen molar-refractivity contribution in [3.05, 3.63) is 42.1 Å². The summed E-state index contributed by atoms with van der Waals surface area (Å²) in [6, 6.07) is 9.80. The highest BCUT2D eigenvalue weighted by Crippen LogP contribution is 2.57. The fourth-order valence-electron chi connectivity index (χ4n) is 6.91. The summed E-state index contributed by atoms with van der Waals surface area (Å²) in [5.74, 6) is 0.730. The molecule has 4 fully saturated rings. The van der Waals surface area contributed by atoms with Gasteiger partial charge in [0, 0.05) is 23.7 Å². The number of alkyl halides is 1. The lowest BCUT2D eigenvalue weighted by Crippen LogP contribution is -2.60. The summed E-state index contributed by atoms with van der Waals surface area (Å²) in [6.07, 6.45) is 5.00. The number of carbonyl (C=O) groups is 2. The Kier molecular flexibility index (Phi) is 6.33. The fraction of sp³-hybridized carbons (Fsp3) is 0.607. The topological polar surface area (TPSA) is 85.2 Å². The van der Waals surface area contributed by atoms with E-state index in [1.54, 1.807) is 6.20 Å². The van der Waals surface area contributed by atoms with E-state index in [1.165, 1.54) is 7.11 Å². The quantitative estimate of drug-likeness (QED) is 0.567. The summed E-state index contributed by atoms with van der Waals surface area (Å²) in [5, 5.41) is 10.8. The van der Waals surface area contributed by atoms with E-state index in [4.69, 9.17) is 4.74 Å². The molecule has 7 nitrogen and oxygen atoms in total. The van der Waals surface area contributed by atoms with Gasteiger partial charge >= 0.3 is 6.09 Å². The van der Waals surface area contributed by atoms with Gasteiger partial charge in [-0.05, 0) is 69.6 Å². The molecular weight excluding hydrogens is 459 g/mol. The first-order valence-corrected chi connectivity index (χ1v) is 13.1. The predicted molar refractivity (Wildman–Crippen MR) is 135 cm³/mol. The van der Waals surface area contributed by atoms with E-state index in [0.717, 1.165) is 24.1 Å². The molecule has 4 saturated carbocycles. The average molecular weight is 497 g/mol. The molecular formula is C28H37FN4O3. The van der Waals surface area contributed by atoms with Crippen LogP contribution in [0.15, 0.2) is 36.5 Å². The van der Waals surface area contributed by atoms with Crippen LogP contribution in [0.4, 0.5) is 9.18 Å². The minimum absolute atomic E-state index is 0.0138. The Morgan fingerprint density at radius 3 is 2.47 bits per heavy atom. The van der Waals surface area contributed by atoms with E-state index in [9.17, 15) is 9.59 Å². The zero-order valence-electron chi connectivity index (χ0n) is 21.6. The number of hydrogen-bond donors (Lipinski definition) is 2. The van der Waals surface area contributed by atoms with Crippen LogP contribution >= 0.6 is 0 Å². The molecule has 0 radical (unpaired) electrons. The van der Waals surface area contributed by atoms with Crippen LogP contribution in [0.1, 0.15) is 63.2 Å². The first kappa shape index (κ1) is 24.8. The second-order valence-corrected chi connectivity index (χ2v) is 11.8. The van der Waals surface area contributed by atoms with Crippen molar-refractivity contribution in [2.24, 2.45) is 23.7 Å². The van der Waals surface area contributed by atoms with Gasteiger partial charge in [-0.1, -0.05) is 37.3 Å². The summed E-state index contributed by atoms with van der Waals surface area (Å²) >= 11 is 0. The molecule has 3 unspecified atom stereocenters. The van der Waals surface area contributed by atoms with Gasteiger partial charge in [0.05, 0.1) is 24.6 Å². The van der Waals surface area contributed by atoms with E-state index >= 15 is 4.39 Å². The van der Waals surface area contributed by atoms with E-state index in [2.05, 4.69) is 15.7 Å². The predicted octanol–water partition coefficient (Wildman–Crippen LogP) is 4.97. The molecule has 4 bridgehead atoms. The zero-order valence-corrected chi connectivity index (χ0v) is 21.6. The van der Waals surface area contributed by atoms with Gasteiger partial charge in [-0.3, -0.25) is 9.48 Å². The highest BCUT2D eigenvalue weighted by molar-refractivity contribution is 6.00. The molecule has 2 N–H and O–H groups in total. The molecule has 1 aromatic carbocycles. The van der Waals surface area contributed by atoms with Crippen LogP contribution in [0.5, 0.6) is 0 Å². The lowest BCUT2D eigenvalue weighted by atomic mass is 9.53. The number of hydrogen-bond acceptors (Lipinski definition) is 4. The summed E-state index contributed by atoms with van der Waals surface area (Å²) in [6.45, 7) is 6.42. The molecule has 1 aromatic heterocycles. The van der Waals surface area contributed by atoms with E-state index in [1.807, 2.05) is 55.8 Å². The van der Waals surface area contributed by atoms with Crippen molar-refractivity contribution in [1.82, 2.24) is 20.4 Å². The van der Waals surface area contributed by atoms with E-state index in [-0.39, 0.29) is 29.7 Å². The third-order valence-corrected chi connectivity index (χ3v) is 8.92. The number of methoxy groups -OCH3 is 1. The minimum Gasteiger partial charge on any atom is -0.453 e. The summed E-state index contributed by atoms with van der Waals surface area (Å²) < 4.78 is 21.8. The van der Waals surface area contributed by atoms with Gasteiger partial charge in [0.1, 0.15) is 5.67 Å². The Bertz CT molecular complexity index is 1120. The van der Waals surface area contributed by atoms with Crippen LogP contribution in [-0.4, -0.2) is 46.1 Å². The third-order valence-electron chi connectivity index (χ3n) is 8.92. The van der Waals surface area contributed by atoms with Crippen molar-refractivity contribution in [2.45, 2.75) is 76.7 Å². The SMILES string of the molecule is COC(=O)NC(C)(C)C(C)Cn1ncc(C(=O)NC2C3CC4CC2CC(F)(C4)C3)c1-c1ccccc1. The Morgan fingerprint density at radius 1 is 1.19 bits per heavy atom. The maximum atomic E-state index is 15.2. The third kappa shape index (κ3) is 4.62. The van der Waals surface area contributed by atoms with Crippen molar-refractivity contribution in [3.8, 4) is 11.3 Å². The van der Waals surface area contributed by atoms with Crippen LogP contribution in [0.2, 0.25) is 0 Å². The number of aromatic nitrogens is 2. The highest BCUT2D eigenvalue weighted by atomic mass is 19.1. The number of amides is 2. The van der Waals surface area contributed by atoms with Crippen LogP contribution < -0.4 is 10.6 Å². The molecule has 4 aliphatic rings. The van der Waals surface area contributed by atoms with Crippen molar-refractivity contribution in [3.63, 3.8) is 0 Å². The molecule has 0 saturated heterocycles. The molecule has 194 valence electrons. The number of carbonyl (C=O) groups excluding carboxylic acids is 2. The van der Waals surface area contributed by atoms with Crippen molar-refractivity contribution < 1.29 is 18.7 Å². The summed E-state index contributed by atoms with van der Waals surface area (Å²) in [7, 11) is 1.35. The summed E-state index contributed by atoms with van der Waals surface area (Å²) in [5.41, 5.74) is 0.589. The number of alkyl carbamates (subject to hydrolysis) is 1. The number of rotatable bonds is 7. The molecule has 2 aromatic rings. The highest BCUT2D eigenvalue weighted by Gasteiger charge is 2.56. The maximum Gasteiger partial charge on any atom is 0.407 e. The number of halogens is 1. The van der Waals surface area contributed by atoms with Crippen LogP contribution in [-0.2, 0) is 11.3 Å². The zero-order chi connectivity index (χ0) is 25.7. The molecule has 6 rings (SSSR count). The van der Waals surface area contributed by atoms with Gasteiger partial charge < -0.3 is 15.4 Å². The van der Waals surface area contributed by atoms with Crippen molar-refractivity contribution in [2.75, 3.05) is 7.11 Å². The van der Waals surface area contributed by atoms with Crippen LogP contribution in [0, 0.1) is 23.7 Å². The number of nitrogens with one attached hydrogen (secondary N) is 2. The molecule has 0 aliphatic heterocycles. The van der Waals surface area contributed by atoms with E-state index in [0.29, 0.717) is 37.3 Å². The molecule has 1 heterocycles. The summed E-state index contributed by atoms with van der Waals surface area (Å²) in [4.78, 5) is 25.5. The Hall–Kier alpha value is -2.90. The van der Waals surface area contributed by atoms with Gasteiger partial charge in [-0.25, -0.2) is 9.18 Å². The molecule has 2 amide bonds. The molecule has 0 spiro atoms. The standard InChI is InChI=1S/C28H37FN4O3/c1-17(27(2,3)32-26(35)36-4)16-33-24(19-8-6-5-7-9-19)22(15-30-33)25(34)31-23-20-10-18-11-21(23)14-28(29,12-18)13-20/h5-9,15,17-18,20-21,23H,10-14,16H2,1-4H3,(H,31,34)(H,32,35). The van der Waals surface area contributed by atoms with Crippen LogP contribution in [0.25, 0.3) is 11.3 Å². The first-order chi connectivity index (χ1) is 17.1. The largest absolute Gasteiger partial charge is 0.453 e. The van der Waals surface area contributed by atoms with Crippen molar-refractivity contribution >= 4 is 12.0 Å². The molecule has 36 heavy (non-hydrogen) atoms. The van der Waals surface area contributed by atoms with Gasteiger partial charge in [0.25, 0.3) is 5.91 Å². The van der Waals surface area contributed by atoms with Gasteiger partial charge in [0.15, 0.2) is 0 Å². The maximum absolute atomic E-state index is 15.2. The molecule has 3 atom stereocenters. The second-order valence-electron chi connectivity index (χ2n) is 11.8. The number of ether oxygens (including phenoxy) is 1. The Morgan fingerprint density at radius 2 is 1.86 bits per heavy atom. The normalized spacial score (nSPS) is 29.6.